The van der Waals surface area contributed by atoms with E-state index >= 15 is 0 Å². The van der Waals surface area contributed by atoms with Crippen molar-refractivity contribution in [3.8, 4) is 0 Å². The largest absolute Gasteiger partial charge is 0.371 e. The summed E-state index contributed by atoms with van der Waals surface area (Å²) in [5.41, 5.74) is 0.900. The summed E-state index contributed by atoms with van der Waals surface area (Å²) < 4.78 is 26.4. The second-order valence-corrected chi connectivity index (χ2v) is 11.8. The van der Waals surface area contributed by atoms with Crippen LogP contribution in [0.1, 0.15) is 55.4 Å². The predicted octanol–water partition coefficient (Wildman–Crippen LogP) is 3.33. The molecule has 1 aromatic heterocycles. The van der Waals surface area contributed by atoms with Crippen LogP contribution < -0.4 is 10.2 Å². The van der Waals surface area contributed by atoms with Crippen LogP contribution in [0, 0.1) is 0 Å². The van der Waals surface area contributed by atoms with Gasteiger partial charge >= 0.3 is 0 Å². The number of nitrogens with one attached hydrogen (secondary N) is 1. The Hall–Kier alpha value is -2.04. The van der Waals surface area contributed by atoms with Gasteiger partial charge in [0.05, 0.1) is 10.5 Å². The van der Waals surface area contributed by atoms with E-state index in [1.165, 1.54) is 31.5 Å². The van der Waals surface area contributed by atoms with E-state index < -0.39 is 10.0 Å². The Morgan fingerprint density at radius 1 is 1.13 bits per heavy atom. The number of hydrogen-bond donors (Lipinski definition) is 1. The first kappa shape index (κ1) is 22.6. The van der Waals surface area contributed by atoms with Gasteiger partial charge in [-0.25, -0.2) is 12.7 Å². The van der Waals surface area contributed by atoms with Gasteiger partial charge in [0.25, 0.3) is 5.91 Å². The Balaban J connectivity index is 1.98. The number of anilines is 2. The molecule has 0 aliphatic carbocycles. The molecule has 0 spiro atoms. The number of aromatic nitrogens is 2. The third-order valence-corrected chi connectivity index (χ3v) is 8.05. The molecule has 0 radical (unpaired) electrons. The number of piperidine rings is 1. The minimum atomic E-state index is -3.66. The molecule has 0 atom stereocenters. The second-order valence-electron chi connectivity index (χ2n) is 8.63. The SMILES string of the molecule is CN(C)S(=O)(=O)c1ccc(N2CCCCC2)c(C(=O)Nc2nnc(C(C)(C)C)s2)c1. The highest BCUT2D eigenvalue weighted by Gasteiger charge is 2.25. The molecule has 1 saturated heterocycles. The number of carbonyl (C=O) groups is 1. The predicted molar refractivity (Wildman–Crippen MR) is 120 cm³/mol. The fraction of sp³-hybridized carbons (Fsp3) is 0.550. The van der Waals surface area contributed by atoms with Crippen molar-refractivity contribution in [2.24, 2.45) is 0 Å². The molecule has 1 aliphatic heterocycles. The van der Waals surface area contributed by atoms with Gasteiger partial charge in [-0.3, -0.25) is 10.1 Å². The fourth-order valence-electron chi connectivity index (χ4n) is 3.22. The van der Waals surface area contributed by atoms with Gasteiger partial charge in [0.1, 0.15) is 5.01 Å². The molecular weight excluding hydrogens is 422 g/mol. The van der Waals surface area contributed by atoms with Crippen molar-refractivity contribution < 1.29 is 13.2 Å². The number of nitrogens with zero attached hydrogens (tertiary/aromatic N) is 4. The van der Waals surface area contributed by atoms with Gasteiger partial charge in [-0.2, -0.15) is 0 Å². The van der Waals surface area contributed by atoms with E-state index in [9.17, 15) is 13.2 Å². The lowest BCUT2D eigenvalue weighted by atomic mass is 9.98. The molecule has 164 valence electrons. The van der Waals surface area contributed by atoms with Crippen molar-refractivity contribution in [1.29, 1.82) is 0 Å². The summed E-state index contributed by atoms with van der Waals surface area (Å²) in [7, 11) is -0.709. The van der Waals surface area contributed by atoms with Crippen LogP contribution in [0.15, 0.2) is 23.1 Å². The molecule has 30 heavy (non-hydrogen) atoms. The molecule has 0 saturated carbocycles. The van der Waals surface area contributed by atoms with Gasteiger partial charge < -0.3 is 4.90 Å². The van der Waals surface area contributed by atoms with E-state index in [-0.39, 0.29) is 16.2 Å². The Morgan fingerprint density at radius 2 is 1.80 bits per heavy atom. The van der Waals surface area contributed by atoms with E-state index in [1.807, 2.05) is 20.8 Å². The smallest absolute Gasteiger partial charge is 0.259 e. The standard InChI is InChI=1S/C20H29N5O3S2/c1-20(2,3)18-22-23-19(29-18)21-17(26)15-13-14(30(27,28)24(4)5)9-10-16(15)25-11-7-6-8-12-25/h9-10,13H,6-8,11-12H2,1-5H3,(H,21,23,26). The third-order valence-electron chi connectivity index (χ3n) is 4.98. The van der Waals surface area contributed by atoms with Crippen molar-refractivity contribution in [3.05, 3.63) is 28.8 Å². The summed E-state index contributed by atoms with van der Waals surface area (Å²) in [5.74, 6) is -0.386. The highest BCUT2D eigenvalue weighted by atomic mass is 32.2. The molecule has 8 nitrogen and oxygen atoms in total. The van der Waals surface area contributed by atoms with Crippen molar-refractivity contribution in [3.63, 3.8) is 0 Å². The van der Waals surface area contributed by atoms with Crippen molar-refractivity contribution in [2.75, 3.05) is 37.4 Å². The minimum Gasteiger partial charge on any atom is -0.371 e. The van der Waals surface area contributed by atoms with Gasteiger partial charge in [-0.05, 0) is 37.5 Å². The van der Waals surface area contributed by atoms with Gasteiger partial charge in [0, 0.05) is 38.3 Å². The van der Waals surface area contributed by atoms with Crippen LogP contribution in [0.4, 0.5) is 10.8 Å². The molecule has 2 heterocycles. The van der Waals surface area contributed by atoms with Crippen LogP contribution >= 0.6 is 11.3 Å². The summed E-state index contributed by atoms with van der Waals surface area (Å²) in [4.78, 5) is 15.4. The molecule has 1 aliphatic rings. The highest BCUT2D eigenvalue weighted by Crippen LogP contribution is 2.31. The van der Waals surface area contributed by atoms with E-state index in [4.69, 9.17) is 0 Å². The van der Waals surface area contributed by atoms with Crippen molar-refractivity contribution >= 4 is 38.1 Å². The maximum Gasteiger partial charge on any atom is 0.259 e. The molecule has 10 heteroatoms. The fourth-order valence-corrected chi connectivity index (χ4v) is 4.94. The van der Waals surface area contributed by atoms with E-state index in [1.54, 1.807) is 12.1 Å². The lowest BCUT2D eigenvalue weighted by molar-refractivity contribution is 0.102. The monoisotopic (exact) mass is 451 g/mol. The number of sulfonamides is 1. The van der Waals surface area contributed by atoms with Crippen LogP contribution in [-0.2, 0) is 15.4 Å². The number of carbonyl (C=O) groups excluding carboxylic acids is 1. The minimum absolute atomic E-state index is 0.0889. The molecule has 1 amide bonds. The maximum atomic E-state index is 13.2. The van der Waals surface area contributed by atoms with Crippen molar-refractivity contribution in [1.82, 2.24) is 14.5 Å². The van der Waals surface area contributed by atoms with Crippen LogP contribution in [-0.4, -0.2) is 56.0 Å². The Morgan fingerprint density at radius 3 is 2.37 bits per heavy atom. The molecule has 0 unspecified atom stereocenters. The Labute approximate surface area is 182 Å². The molecule has 2 aromatic rings. The van der Waals surface area contributed by atoms with Crippen LogP contribution in [0.3, 0.4) is 0 Å². The molecule has 3 rings (SSSR count). The maximum absolute atomic E-state index is 13.2. The van der Waals surface area contributed by atoms with Crippen LogP contribution in [0.5, 0.6) is 0 Å². The number of rotatable bonds is 5. The summed E-state index contributed by atoms with van der Waals surface area (Å²) in [6.07, 6.45) is 3.25. The number of benzene rings is 1. The van der Waals surface area contributed by atoms with Crippen LogP contribution in [0.25, 0.3) is 0 Å². The average Bonchev–Trinajstić information content (AvgIpc) is 3.17. The van der Waals surface area contributed by atoms with Gasteiger partial charge in [0.15, 0.2) is 0 Å². The Bertz CT molecular complexity index is 1020. The molecular formula is C20H29N5O3S2. The quantitative estimate of drug-likeness (QED) is 0.749. The first-order valence-electron chi connectivity index (χ1n) is 9.97. The molecule has 0 bridgehead atoms. The average molecular weight is 452 g/mol. The van der Waals surface area contributed by atoms with Gasteiger partial charge in [0.2, 0.25) is 15.2 Å². The normalized spacial score (nSPS) is 15.5. The van der Waals surface area contributed by atoms with Crippen LogP contribution in [0.2, 0.25) is 0 Å². The van der Waals surface area contributed by atoms with E-state index in [0.717, 1.165) is 47.4 Å². The number of amides is 1. The lowest BCUT2D eigenvalue weighted by Crippen LogP contribution is -2.32. The second kappa shape index (κ2) is 8.60. The van der Waals surface area contributed by atoms with E-state index in [2.05, 4.69) is 20.4 Å². The topological polar surface area (TPSA) is 95.5 Å². The summed E-state index contributed by atoms with van der Waals surface area (Å²) in [5, 5.41) is 12.3. The third kappa shape index (κ3) is 4.81. The first-order valence-corrected chi connectivity index (χ1v) is 12.2. The molecule has 1 N–H and O–H groups in total. The summed E-state index contributed by atoms with van der Waals surface area (Å²) >= 11 is 1.32. The van der Waals surface area contributed by atoms with E-state index in [0.29, 0.717) is 10.7 Å². The zero-order valence-corrected chi connectivity index (χ0v) is 19.7. The first-order chi connectivity index (χ1) is 14.0. The summed E-state index contributed by atoms with van der Waals surface area (Å²) in [6.45, 7) is 7.77. The molecule has 1 aromatic carbocycles. The molecule has 1 fully saturated rings. The zero-order chi connectivity index (χ0) is 22.1. The lowest BCUT2D eigenvalue weighted by Gasteiger charge is -2.30. The van der Waals surface area contributed by atoms with Gasteiger partial charge in [-0.1, -0.05) is 32.1 Å². The summed E-state index contributed by atoms with van der Waals surface area (Å²) in [6, 6.07) is 4.76. The zero-order valence-electron chi connectivity index (χ0n) is 18.1. The number of hydrogen-bond acceptors (Lipinski definition) is 7. The van der Waals surface area contributed by atoms with Crippen molar-refractivity contribution in [2.45, 2.75) is 50.3 Å². The Kier molecular flexibility index (Phi) is 6.49. The highest BCUT2D eigenvalue weighted by molar-refractivity contribution is 7.89. The van der Waals surface area contributed by atoms with Gasteiger partial charge in [-0.15, -0.1) is 10.2 Å².